The molecular weight excluding hydrogens is 278 g/mol. The van der Waals surface area contributed by atoms with Gasteiger partial charge in [-0.05, 0) is 26.3 Å². The smallest absolute Gasteiger partial charge is 0.212 e. The minimum Gasteiger partial charge on any atom is -0.317 e. The van der Waals surface area contributed by atoms with Crippen LogP contribution >= 0.6 is 0 Å². The number of aryl methyl sites for hydroxylation is 1. The number of rotatable bonds is 10. The highest BCUT2D eigenvalue weighted by atomic mass is 32.2. The molecule has 8 heteroatoms. The molecule has 7 nitrogen and oxygen atoms in total. The summed E-state index contributed by atoms with van der Waals surface area (Å²) >= 11 is 0. The van der Waals surface area contributed by atoms with Crippen molar-refractivity contribution >= 4 is 10.0 Å². The fourth-order valence-electron chi connectivity index (χ4n) is 1.73. The molecule has 1 rings (SSSR count). The van der Waals surface area contributed by atoms with Crippen LogP contribution in [0.15, 0.2) is 6.33 Å². The third-order valence-electron chi connectivity index (χ3n) is 2.88. The van der Waals surface area contributed by atoms with E-state index in [4.69, 9.17) is 0 Å². The SMILES string of the molecule is CCn1cnnc1CNS(=O)(=O)CCCCNC(C)C. The summed E-state index contributed by atoms with van der Waals surface area (Å²) in [5.74, 6) is 0.782. The van der Waals surface area contributed by atoms with Gasteiger partial charge in [0.15, 0.2) is 0 Å². The number of hydrogen-bond acceptors (Lipinski definition) is 5. The number of aromatic nitrogens is 3. The van der Waals surface area contributed by atoms with Gasteiger partial charge in [0.1, 0.15) is 12.2 Å². The van der Waals surface area contributed by atoms with Crippen molar-refractivity contribution in [3.8, 4) is 0 Å². The van der Waals surface area contributed by atoms with Crippen LogP contribution in [0.1, 0.15) is 39.4 Å². The van der Waals surface area contributed by atoms with Crippen molar-refractivity contribution in [2.24, 2.45) is 0 Å². The molecule has 0 saturated heterocycles. The summed E-state index contributed by atoms with van der Waals surface area (Å²) in [5, 5.41) is 10.9. The number of nitrogens with one attached hydrogen (secondary N) is 2. The van der Waals surface area contributed by atoms with Crippen molar-refractivity contribution in [2.45, 2.75) is 52.7 Å². The van der Waals surface area contributed by atoms with Gasteiger partial charge in [-0.2, -0.15) is 0 Å². The van der Waals surface area contributed by atoms with Crippen LogP contribution in [0.3, 0.4) is 0 Å². The second-order valence-electron chi connectivity index (χ2n) is 4.99. The fourth-order valence-corrected chi connectivity index (χ4v) is 2.81. The molecule has 2 N–H and O–H groups in total. The molecule has 0 fully saturated rings. The molecule has 20 heavy (non-hydrogen) atoms. The van der Waals surface area contributed by atoms with E-state index in [0.717, 1.165) is 19.5 Å². The molecule has 0 atom stereocenters. The quantitative estimate of drug-likeness (QED) is 0.614. The van der Waals surface area contributed by atoms with Crippen LogP contribution in [0, 0.1) is 0 Å². The first kappa shape index (κ1) is 17.1. The lowest BCUT2D eigenvalue weighted by Crippen LogP contribution is -2.28. The molecule has 1 aromatic rings. The zero-order valence-electron chi connectivity index (χ0n) is 12.5. The summed E-state index contributed by atoms with van der Waals surface area (Å²) in [6.07, 6.45) is 3.10. The van der Waals surface area contributed by atoms with E-state index in [1.807, 2.05) is 11.5 Å². The van der Waals surface area contributed by atoms with E-state index < -0.39 is 10.0 Å². The first-order valence-electron chi connectivity index (χ1n) is 7.02. The van der Waals surface area contributed by atoms with Gasteiger partial charge in [-0.25, -0.2) is 13.1 Å². The van der Waals surface area contributed by atoms with Crippen LogP contribution in [0.25, 0.3) is 0 Å². The van der Waals surface area contributed by atoms with Crippen molar-refractivity contribution in [3.63, 3.8) is 0 Å². The molecule has 0 radical (unpaired) electrons. The van der Waals surface area contributed by atoms with Gasteiger partial charge in [0, 0.05) is 12.6 Å². The topological polar surface area (TPSA) is 88.9 Å². The third kappa shape index (κ3) is 6.44. The van der Waals surface area contributed by atoms with Crippen molar-refractivity contribution in [3.05, 3.63) is 12.2 Å². The highest BCUT2D eigenvalue weighted by Gasteiger charge is 2.11. The Kier molecular flexibility index (Phi) is 7.11. The number of nitrogens with zero attached hydrogens (tertiary/aromatic N) is 3. The number of unbranched alkanes of at least 4 members (excludes halogenated alkanes) is 1. The monoisotopic (exact) mass is 303 g/mol. The highest BCUT2D eigenvalue weighted by molar-refractivity contribution is 7.89. The maximum atomic E-state index is 11.8. The second-order valence-corrected chi connectivity index (χ2v) is 6.92. The molecule has 1 heterocycles. The molecule has 0 amide bonds. The second kappa shape index (κ2) is 8.33. The first-order chi connectivity index (χ1) is 9.44. The number of hydrogen-bond donors (Lipinski definition) is 2. The Labute approximate surface area is 121 Å². The average Bonchev–Trinajstić information content (AvgIpc) is 2.83. The maximum absolute atomic E-state index is 11.8. The minimum atomic E-state index is -3.24. The Morgan fingerprint density at radius 2 is 2.10 bits per heavy atom. The van der Waals surface area contributed by atoms with Gasteiger partial charge in [-0.1, -0.05) is 13.8 Å². The zero-order valence-corrected chi connectivity index (χ0v) is 13.3. The van der Waals surface area contributed by atoms with E-state index in [1.54, 1.807) is 6.33 Å². The van der Waals surface area contributed by atoms with E-state index in [1.165, 1.54) is 0 Å². The summed E-state index contributed by atoms with van der Waals surface area (Å²) in [7, 11) is -3.24. The van der Waals surface area contributed by atoms with Gasteiger partial charge in [0.05, 0.1) is 12.3 Å². The van der Waals surface area contributed by atoms with Crippen LogP contribution in [0.4, 0.5) is 0 Å². The molecular formula is C12H25N5O2S. The maximum Gasteiger partial charge on any atom is 0.212 e. The van der Waals surface area contributed by atoms with Gasteiger partial charge >= 0.3 is 0 Å². The summed E-state index contributed by atoms with van der Waals surface area (Å²) < 4.78 is 28.0. The summed E-state index contributed by atoms with van der Waals surface area (Å²) in [6.45, 7) is 7.87. The standard InChI is InChI=1S/C12H25N5O2S/c1-4-17-10-14-16-12(17)9-15-20(18,19)8-6-5-7-13-11(2)3/h10-11,13,15H,4-9H2,1-3H3. The van der Waals surface area contributed by atoms with Crippen LogP contribution in [0.5, 0.6) is 0 Å². The average molecular weight is 303 g/mol. The fraction of sp³-hybridized carbons (Fsp3) is 0.833. The van der Waals surface area contributed by atoms with Gasteiger partial charge in [0.25, 0.3) is 0 Å². The first-order valence-corrected chi connectivity index (χ1v) is 8.67. The lowest BCUT2D eigenvalue weighted by molar-refractivity contribution is 0.553. The van der Waals surface area contributed by atoms with E-state index in [-0.39, 0.29) is 12.3 Å². The third-order valence-corrected chi connectivity index (χ3v) is 4.29. The summed E-state index contributed by atoms with van der Waals surface area (Å²) in [4.78, 5) is 0. The summed E-state index contributed by atoms with van der Waals surface area (Å²) in [5.41, 5.74) is 0. The largest absolute Gasteiger partial charge is 0.317 e. The highest BCUT2D eigenvalue weighted by Crippen LogP contribution is 1.98. The van der Waals surface area contributed by atoms with Crippen LogP contribution in [-0.2, 0) is 23.1 Å². The predicted octanol–water partition coefficient (Wildman–Crippen LogP) is 0.496. The molecule has 0 aliphatic carbocycles. The molecule has 0 saturated carbocycles. The lowest BCUT2D eigenvalue weighted by atomic mass is 10.3. The van der Waals surface area contributed by atoms with E-state index in [2.05, 4.69) is 34.1 Å². The summed E-state index contributed by atoms with van der Waals surface area (Å²) in [6, 6.07) is 0.435. The Bertz CT molecular complexity index is 484. The Morgan fingerprint density at radius 1 is 1.35 bits per heavy atom. The van der Waals surface area contributed by atoms with Gasteiger partial charge in [-0.15, -0.1) is 10.2 Å². The lowest BCUT2D eigenvalue weighted by Gasteiger charge is -2.09. The van der Waals surface area contributed by atoms with Crippen molar-refractivity contribution in [1.29, 1.82) is 0 Å². The van der Waals surface area contributed by atoms with Gasteiger partial charge in [-0.3, -0.25) is 0 Å². The van der Waals surface area contributed by atoms with Crippen LogP contribution < -0.4 is 10.0 Å². The number of sulfonamides is 1. The van der Waals surface area contributed by atoms with Gasteiger partial charge in [0.2, 0.25) is 10.0 Å². The molecule has 1 aromatic heterocycles. The minimum absolute atomic E-state index is 0.146. The molecule has 0 aliphatic rings. The molecule has 0 bridgehead atoms. The van der Waals surface area contributed by atoms with Crippen molar-refractivity contribution in [2.75, 3.05) is 12.3 Å². The van der Waals surface area contributed by atoms with Crippen molar-refractivity contribution in [1.82, 2.24) is 24.8 Å². The van der Waals surface area contributed by atoms with Crippen molar-refractivity contribution < 1.29 is 8.42 Å². The van der Waals surface area contributed by atoms with Gasteiger partial charge < -0.3 is 9.88 Å². The normalized spacial score (nSPS) is 12.2. The molecule has 116 valence electrons. The Morgan fingerprint density at radius 3 is 2.75 bits per heavy atom. The molecule has 0 spiro atoms. The zero-order chi connectivity index (χ0) is 15.0. The Balaban J connectivity index is 2.28. The predicted molar refractivity (Wildman–Crippen MR) is 78.7 cm³/mol. The van der Waals surface area contributed by atoms with Crippen LogP contribution in [0.2, 0.25) is 0 Å². The van der Waals surface area contributed by atoms with E-state index in [9.17, 15) is 8.42 Å². The molecule has 0 aromatic carbocycles. The van der Waals surface area contributed by atoms with E-state index in [0.29, 0.717) is 18.3 Å². The molecule has 0 unspecified atom stereocenters. The van der Waals surface area contributed by atoms with Crippen LogP contribution in [-0.4, -0.2) is 41.5 Å². The Hall–Kier alpha value is -0.990. The van der Waals surface area contributed by atoms with E-state index >= 15 is 0 Å². The molecule has 0 aliphatic heterocycles.